The van der Waals surface area contributed by atoms with Crippen LogP contribution in [0.2, 0.25) is 0 Å². The fourth-order valence-electron chi connectivity index (χ4n) is 7.87. The molecule has 4 aliphatic rings. The van der Waals surface area contributed by atoms with Crippen LogP contribution in [0.1, 0.15) is 47.9 Å². The summed E-state index contributed by atoms with van der Waals surface area (Å²) in [6.45, 7) is 0.261. The Labute approximate surface area is 288 Å². The number of carbonyl (C=O) groups is 3. The van der Waals surface area contributed by atoms with Crippen LogP contribution in [0.15, 0.2) is 115 Å². The Balaban J connectivity index is 0.861. The Morgan fingerprint density at radius 3 is 1.75 bits per heavy atom. The lowest BCUT2D eigenvalue weighted by Crippen LogP contribution is -2.57. The normalized spacial score (nSPS) is 23.5. The van der Waals surface area contributed by atoms with Gasteiger partial charge in [-0.25, -0.2) is 0 Å². The van der Waals surface area contributed by atoms with Crippen LogP contribution in [0, 0.1) is 11.8 Å². The molecular formula is C40H32Cl2N2O4. The van der Waals surface area contributed by atoms with E-state index in [1.807, 2.05) is 109 Å². The first-order valence-corrected chi connectivity index (χ1v) is 17.1. The molecule has 48 heavy (non-hydrogen) atoms. The van der Waals surface area contributed by atoms with Gasteiger partial charge in [0.25, 0.3) is 0 Å². The number of hydrogen-bond acceptors (Lipinski definition) is 4. The number of fused-ring (bicyclic) bond motifs is 1. The van der Waals surface area contributed by atoms with E-state index in [0.717, 1.165) is 38.8 Å². The van der Waals surface area contributed by atoms with E-state index in [-0.39, 0.29) is 24.3 Å². The van der Waals surface area contributed by atoms with Gasteiger partial charge in [0.15, 0.2) is 0 Å². The molecule has 1 heterocycles. The third kappa shape index (κ3) is 4.73. The van der Waals surface area contributed by atoms with Crippen LogP contribution in [0.4, 0.5) is 5.69 Å². The first kappa shape index (κ1) is 30.7. The quantitative estimate of drug-likeness (QED) is 0.0964. The molecule has 1 aliphatic heterocycles. The maximum Gasteiger partial charge on any atom is 0.235 e. The van der Waals surface area contributed by atoms with Crippen molar-refractivity contribution in [1.29, 1.82) is 0 Å². The number of benzene rings is 5. The highest BCUT2D eigenvalue weighted by molar-refractivity contribution is 6.36. The Hall–Kier alpha value is -4.65. The average Bonchev–Trinajstić information content (AvgIpc) is 3.37. The first-order chi connectivity index (χ1) is 23.3. The lowest BCUT2D eigenvalue weighted by Gasteiger charge is -2.54. The lowest BCUT2D eigenvalue weighted by molar-refractivity contribution is -0.140. The van der Waals surface area contributed by atoms with Gasteiger partial charge in [-0.1, -0.05) is 85.3 Å². The van der Waals surface area contributed by atoms with Crippen molar-refractivity contribution in [1.82, 2.24) is 4.90 Å². The molecule has 3 amide bonds. The zero-order valence-corrected chi connectivity index (χ0v) is 27.5. The number of unbranched alkanes of at least 4 members (excludes halogenated alkanes) is 2. The van der Waals surface area contributed by atoms with Gasteiger partial charge in [0.05, 0.1) is 11.8 Å². The van der Waals surface area contributed by atoms with E-state index in [4.69, 9.17) is 27.9 Å². The Morgan fingerprint density at radius 1 is 0.646 bits per heavy atom. The fourth-order valence-corrected chi connectivity index (χ4v) is 8.97. The van der Waals surface area contributed by atoms with Crippen molar-refractivity contribution >= 4 is 57.4 Å². The second-order valence-electron chi connectivity index (χ2n) is 12.8. The number of imide groups is 1. The van der Waals surface area contributed by atoms with Crippen LogP contribution in [0.3, 0.4) is 0 Å². The van der Waals surface area contributed by atoms with Crippen LogP contribution in [0.25, 0.3) is 10.8 Å². The molecule has 3 aliphatic carbocycles. The van der Waals surface area contributed by atoms with Crippen molar-refractivity contribution in [3.8, 4) is 11.5 Å². The summed E-state index contributed by atoms with van der Waals surface area (Å²) in [7, 11) is 0. The maximum atomic E-state index is 13.9. The summed E-state index contributed by atoms with van der Waals surface area (Å²) in [6.07, 6.45) is 2.20. The Kier molecular flexibility index (Phi) is 7.54. The molecule has 9 rings (SSSR count). The molecule has 1 saturated heterocycles. The highest BCUT2D eigenvalue weighted by Crippen LogP contribution is 2.69. The average molecular weight is 676 g/mol. The molecule has 1 fully saturated rings. The van der Waals surface area contributed by atoms with Gasteiger partial charge in [-0.3, -0.25) is 19.3 Å². The number of ether oxygens (including phenoxy) is 1. The van der Waals surface area contributed by atoms with Gasteiger partial charge >= 0.3 is 0 Å². The number of likely N-dealkylation sites (tertiary alicyclic amines) is 1. The molecule has 8 heteroatoms. The maximum absolute atomic E-state index is 13.9. The van der Waals surface area contributed by atoms with Crippen LogP contribution in [0.5, 0.6) is 11.5 Å². The van der Waals surface area contributed by atoms with Crippen molar-refractivity contribution in [2.75, 3.05) is 11.9 Å². The standard InChI is InChI=1S/C40H32Cl2N2O4/c41-39-30-12-5-6-13-31(30)40(42,33-15-8-7-14-32(33)39)36-35(39)37(46)44(38(36)47)23-9-1-2-16-34(45)43-27-18-21-28(22-19-27)48-29-20-17-25-10-3-4-11-26(25)24-29/h3-8,10-15,17-22,24,35-36H,1-2,9,16,23H2,(H,43,45)/t35-,36-,39?,40?/m0/s1. The summed E-state index contributed by atoms with van der Waals surface area (Å²) in [6, 6.07) is 36.6. The van der Waals surface area contributed by atoms with E-state index in [0.29, 0.717) is 37.1 Å². The number of alkyl halides is 2. The summed E-state index contributed by atoms with van der Waals surface area (Å²) in [5, 5.41) is 5.19. The summed E-state index contributed by atoms with van der Waals surface area (Å²) in [4.78, 5) is 39.6. The van der Waals surface area contributed by atoms with Crippen molar-refractivity contribution in [2.24, 2.45) is 11.8 Å². The van der Waals surface area contributed by atoms with Crippen molar-refractivity contribution in [3.05, 3.63) is 138 Å². The summed E-state index contributed by atoms with van der Waals surface area (Å²) >= 11 is 15.0. The topological polar surface area (TPSA) is 75.7 Å². The minimum Gasteiger partial charge on any atom is -0.457 e. The molecule has 5 aromatic carbocycles. The predicted molar refractivity (Wildman–Crippen MR) is 187 cm³/mol. The third-order valence-electron chi connectivity index (χ3n) is 10.1. The number of hydrogen-bond donors (Lipinski definition) is 1. The Bertz CT molecular complexity index is 1970. The molecule has 0 spiro atoms. The largest absolute Gasteiger partial charge is 0.457 e. The van der Waals surface area contributed by atoms with E-state index in [1.54, 1.807) is 0 Å². The van der Waals surface area contributed by atoms with E-state index >= 15 is 0 Å². The molecule has 0 unspecified atom stereocenters. The Morgan fingerprint density at radius 2 is 1.17 bits per heavy atom. The van der Waals surface area contributed by atoms with Gasteiger partial charge in [0, 0.05) is 18.7 Å². The minimum absolute atomic E-state index is 0.0992. The van der Waals surface area contributed by atoms with Crippen LogP contribution in [-0.2, 0) is 24.1 Å². The summed E-state index contributed by atoms with van der Waals surface area (Å²) in [5.74, 6) is -0.811. The molecule has 2 atom stereocenters. The minimum atomic E-state index is -1.17. The molecule has 0 radical (unpaired) electrons. The second-order valence-corrected chi connectivity index (χ2v) is 14.0. The summed E-state index contributed by atoms with van der Waals surface area (Å²) in [5.41, 5.74) is 3.86. The number of amides is 3. The number of nitrogens with one attached hydrogen (secondary N) is 1. The van der Waals surface area contributed by atoms with Crippen LogP contribution >= 0.6 is 23.2 Å². The third-order valence-corrected chi connectivity index (χ3v) is 11.3. The molecule has 6 nitrogen and oxygen atoms in total. The first-order valence-electron chi connectivity index (χ1n) is 16.3. The molecule has 0 saturated carbocycles. The number of anilines is 1. The van der Waals surface area contributed by atoms with E-state index < -0.39 is 21.6 Å². The molecule has 240 valence electrons. The van der Waals surface area contributed by atoms with E-state index in [2.05, 4.69) is 11.4 Å². The summed E-state index contributed by atoms with van der Waals surface area (Å²) < 4.78 is 6.01. The smallest absolute Gasteiger partial charge is 0.235 e. The molecule has 5 aromatic rings. The highest BCUT2D eigenvalue weighted by Gasteiger charge is 2.72. The molecular weight excluding hydrogens is 643 g/mol. The molecule has 0 aromatic heterocycles. The van der Waals surface area contributed by atoms with Gasteiger partial charge < -0.3 is 10.1 Å². The van der Waals surface area contributed by atoms with Crippen LogP contribution in [-0.4, -0.2) is 29.2 Å². The fraction of sp³-hybridized carbons (Fsp3) is 0.225. The van der Waals surface area contributed by atoms with Gasteiger partial charge in [-0.15, -0.1) is 23.2 Å². The van der Waals surface area contributed by atoms with Gasteiger partial charge in [0.2, 0.25) is 17.7 Å². The second kappa shape index (κ2) is 11.8. The van der Waals surface area contributed by atoms with Crippen molar-refractivity contribution in [2.45, 2.75) is 35.4 Å². The van der Waals surface area contributed by atoms with Crippen molar-refractivity contribution < 1.29 is 19.1 Å². The highest BCUT2D eigenvalue weighted by atomic mass is 35.5. The SMILES string of the molecule is O=C(CCCCCN1C(=O)[C@@H]2[C@@H](C1=O)C1(Cl)c3ccccc3C2(Cl)c2ccccc21)Nc1ccc(Oc2ccc3ccccc3c2)cc1. The lowest BCUT2D eigenvalue weighted by atomic mass is 9.54. The van der Waals surface area contributed by atoms with E-state index in [9.17, 15) is 14.4 Å². The van der Waals surface area contributed by atoms with E-state index in [1.165, 1.54) is 4.90 Å². The van der Waals surface area contributed by atoms with Gasteiger partial charge in [-0.05, 0) is 82.3 Å². The predicted octanol–water partition coefficient (Wildman–Crippen LogP) is 8.72. The van der Waals surface area contributed by atoms with Gasteiger partial charge in [0.1, 0.15) is 21.2 Å². The monoisotopic (exact) mass is 674 g/mol. The van der Waals surface area contributed by atoms with Crippen molar-refractivity contribution in [3.63, 3.8) is 0 Å². The number of halogens is 2. The molecule has 2 bridgehead atoms. The van der Waals surface area contributed by atoms with Crippen LogP contribution < -0.4 is 10.1 Å². The zero-order valence-electron chi connectivity index (χ0n) is 26.0. The molecule has 1 N–H and O–H groups in total. The number of rotatable bonds is 9. The number of carbonyl (C=O) groups excluding carboxylic acids is 3. The van der Waals surface area contributed by atoms with Gasteiger partial charge in [-0.2, -0.15) is 0 Å². The number of nitrogens with zero attached hydrogens (tertiary/aromatic N) is 1. The zero-order chi connectivity index (χ0) is 33.0.